The van der Waals surface area contributed by atoms with Gasteiger partial charge < -0.3 is 10.1 Å². The van der Waals surface area contributed by atoms with E-state index in [0.29, 0.717) is 22.8 Å². The maximum absolute atomic E-state index is 13.6. The summed E-state index contributed by atoms with van der Waals surface area (Å²) in [7, 11) is 1.56. The molecule has 0 saturated carbocycles. The number of ether oxygens (including phenoxy) is 1. The molecule has 0 unspecified atom stereocenters. The predicted octanol–water partition coefficient (Wildman–Crippen LogP) is 5.52. The highest BCUT2D eigenvalue weighted by molar-refractivity contribution is 6.36. The number of carbonyl (C=O) groups excluding carboxylic acids is 2. The first-order valence-corrected chi connectivity index (χ1v) is 11.1. The summed E-state index contributed by atoms with van der Waals surface area (Å²) in [6.45, 7) is 6.47. The molecule has 1 aliphatic rings. The molecule has 168 valence electrons. The maximum Gasteiger partial charge on any atom is 0.278 e. The molecule has 3 aromatic rings. The van der Waals surface area contributed by atoms with Gasteiger partial charge in [0.1, 0.15) is 11.4 Å². The third-order valence-corrected chi connectivity index (χ3v) is 5.85. The van der Waals surface area contributed by atoms with E-state index in [0.717, 1.165) is 16.8 Å². The van der Waals surface area contributed by atoms with Crippen LogP contribution in [-0.2, 0) is 16.1 Å². The van der Waals surface area contributed by atoms with E-state index >= 15 is 0 Å². The smallest absolute Gasteiger partial charge is 0.278 e. The van der Waals surface area contributed by atoms with Gasteiger partial charge in [-0.2, -0.15) is 0 Å². The number of carbonyl (C=O) groups is 2. The van der Waals surface area contributed by atoms with Gasteiger partial charge in [0.25, 0.3) is 11.8 Å². The van der Waals surface area contributed by atoms with E-state index in [1.165, 1.54) is 10.5 Å². The van der Waals surface area contributed by atoms with Crippen LogP contribution in [0.25, 0.3) is 5.57 Å². The Hall–Kier alpha value is -3.86. The third kappa shape index (κ3) is 4.53. The number of benzene rings is 3. The molecule has 5 heteroatoms. The Morgan fingerprint density at radius 3 is 2.18 bits per heavy atom. The molecule has 0 aliphatic carbocycles. The highest BCUT2D eigenvalue weighted by Gasteiger charge is 2.40. The minimum atomic E-state index is -0.352. The van der Waals surface area contributed by atoms with E-state index in [1.807, 2.05) is 67.6 Å². The first-order chi connectivity index (χ1) is 15.9. The van der Waals surface area contributed by atoms with Crippen molar-refractivity contribution in [2.45, 2.75) is 33.2 Å². The van der Waals surface area contributed by atoms with Crippen molar-refractivity contribution in [3.05, 3.63) is 101 Å². The zero-order valence-electron chi connectivity index (χ0n) is 19.4. The normalized spacial score (nSPS) is 13.8. The number of hydrogen-bond donors (Lipinski definition) is 1. The van der Waals surface area contributed by atoms with E-state index in [1.54, 1.807) is 19.2 Å². The standard InChI is InChI=1S/C28H28N2O3/c1-18(2)21-13-15-22(16-14-21)29-26-25(23-7-5-6-8-24(23)33-4)27(31)30(28(26)32)17-20-11-9-19(3)10-12-20/h5-16,18,29H,17H2,1-4H3. The van der Waals surface area contributed by atoms with Crippen LogP contribution < -0.4 is 10.1 Å². The lowest BCUT2D eigenvalue weighted by Crippen LogP contribution is -2.32. The first kappa shape index (κ1) is 22.3. The molecule has 0 saturated heterocycles. The topological polar surface area (TPSA) is 58.6 Å². The molecule has 1 heterocycles. The summed E-state index contributed by atoms with van der Waals surface area (Å²) < 4.78 is 5.50. The first-order valence-electron chi connectivity index (χ1n) is 11.1. The van der Waals surface area contributed by atoms with Crippen molar-refractivity contribution in [3.63, 3.8) is 0 Å². The number of hydrogen-bond acceptors (Lipinski definition) is 4. The van der Waals surface area contributed by atoms with Gasteiger partial charge in [-0.3, -0.25) is 14.5 Å². The van der Waals surface area contributed by atoms with Crippen molar-refractivity contribution in [1.29, 1.82) is 0 Å². The van der Waals surface area contributed by atoms with Crippen LogP contribution in [0.2, 0.25) is 0 Å². The number of anilines is 1. The molecule has 33 heavy (non-hydrogen) atoms. The number of nitrogens with one attached hydrogen (secondary N) is 1. The molecule has 0 spiro atoms. The van der Waals surface area contributed by atoms with E-state index in [2.05, 4.69) is 19.2 Å². The average Bonchev–Trinajstić information content (AvgIpc) is 3.04. The van der Waals surface area contributed by atoms with Gasteiger partial charge in [-0.25, -0.2) is 0 Å². The minimum absolute atomic E-state index is 0.202. The number of methoxy groups -OCH3 is 1. The van der Waals surface area contributed by atoms with Gasteiger partial charge in [-0.15, -0.1) is 0 Å². The number of nitrogens with zero attached hydrogens (tertiary/aromatic N) is 1. The van der Waals surface area contributed by atoms with Gasteiger partial charge in [0.2, 0.25) is 0 Å². The van der Waals surface area contributed by atoms with Crippen LogP contribution >= 0.6 is 0 Å². The molecule has 0 radical (unpaired) electrons. The number of rotatable bonds is 7. The summed E-state index contributed by atoms with van der Waals surface area (Å²) >= 11 is 0. The van der Waals surface area contributed by atoms with Crippen molar-refractivity contribution < 1.29 is 14.3 Å². The predicted molar refractivity (Wildman–Crippen MR) is 131 cm³/mol. The molecule has 1 N–H and O–H groups in total. The summed E-state index contributed by atoms with van der Waals surface area (Å²) in [6.07, 6.45) is 0. The zero-order valence-corrected chi connectivity index (χ0v) is 19.4. The van der Waals surface area contributed by atoms with Crippen LogP contribution in [0.1, 0.15) is 42.0 Å². The fraction of sp³-hybridized carbons (Fsp3) is 0.214. The second-order valence-electron chi connectivity index (χ2n) is 8.53. The molecule has 1 aliphatic heterocycles. The highest BCUT2D eigenvalue weighted by atomic mass is 16.5. The quantitative estimate of drug-likeness (QED) is 0.492. The van der Waals surface area contributed by atoms with Gasteiger partial charge in [0.15, 0.2) is 0 Å². The Morgan fingerprint density at radius 2 is 1.55 bits per heavy atom. The van der Waals surface area contributed by atoms with Gasteiger partial charge in [0.05, 0.1) is 19.2 Å². The molecule has 4 rings (SSSR count). The van der Waals surface area contributed by atoms with E-state index in [-0.39, 0.29) is 24.1 Å². The van der Waals surface area contributed by atoms with Crippen LogP contribution in [-0.4, -0.2) is 23.8 Å². The summed E-state index contributed by atoms with van der Waals surface area (Å²) in [5, 5.41) is 3.22. The van der Waals surface area contributed by atoms with Gasteiger partial charge in [-0.1, -0.05) is 74.0 Å². The van der Waals surface area contributed by atoms with Crippen LogP contribution in [0.4, 0.5) is 5.69 Å². The SMILES string of the molecule is COc1ccccc1C1=C(Nc2ccc(C(C)C)cc2)C(=O)N(Cc2ccc(C)cc2)C1=O. The van der Waals surface area contributed by atoms with Gasteiger partial charge >= 0.3 is 0 Å². The fourth-order valence-corrected chi connectivity index (χ4v) is 3.91. The van der Waals surface area contributed by atoms with Crippen LogP contribution in [0, 0.1) is 6.92 Å². The molecular weight excluding hydrogens is 412 g/mol. The summed E-state index contributed by atoms with van der Waals surface area (Å²) in [5.41, 5.74) is 5.13. The van der Waals surface area contributed by atoms with E-state index in [4.69, 9.17) is 4.74 Å². The Bertz CT molecular complexity index is 1210. The lowest BCUT2D eigenvalue weighted by molar-refractivity contribution is -0.137. The molecule has 0 fully saturated rings. The molecule has 3 aromatic carbocycles. The molecule has 5 nitrogen and oxygen atoms in total. The Labute approximate surface area is 194 Å². The van der Waals surface area contributed by atoms with E-state index < -0.39 is 0 Å². The zero-order chi connectivity index (χ0) is 23.5. The van der Waals surface area contributed by atoms with E-state index in [9.17, 15) is 9.59 Å². The highest BCUT2D eigenvalue weighted by Crippen LogP contribution is 2.36. The lowest BCUT2D eigenvalue weighted by Gasteiger charge is -2.16. The molecular formula is C28H28N2O3. The van der Waals surface area contributed by atoms with Crippen LogP contribution in [0.5, 0.6) is 5.75 Å². The Morgan fingerprint density at radius 1 is 0.879 bits per heavy atom. The fourth-order valence-electron chi connectivity index (χ4n) is 3.91. The molecule has 2 amide bonds. The molecule has 0 atom stereocenters. The second kappa shape index (κ2) is 9.33. The summed E-state index contributed by atoms with van der Waals surface area (Å²) in [6, 6.07) is 23.0. The van der Waals surface area contributed by atoms with Gasteiger partial charge in [-0.05, 0) is 42.2 Å². The second-order valence-corrected chi connectivity index (χ2v) is 8.53. The van der Waals surface area contributed by atoms with Crippen LogP contribution in [0.3, 0.4) is 0 Å². The number of imide groups is 1. The van der Waals surface area contributed by atoms with Gasteiger partial charge in [0, 0.05) is 11.3 Å². The lowest BCUT2D eigenvalue weighted by atomic mass is 10.0. The van der Waals surface area contributed by atoms with Crippen molar-refractivity contribution in [2.75, 3.05) is 12.4 Å². The maximum atomic E-state index is 13.6. The number of amides is 2. The van der Waals surface area contributed by atoms with Crippen molar-refractivity contribution in [2.24, 2.45) is 0 Å². The number of para-hydroxylation sites is 1. The number of aryl methyl sites for hydroxylation is 1. The monoisotopic (exact) mass is 440 g/mol. The third-order valence-electron chi connectivity index (χ3n) is 5.85. The molecule has 0 bridgehead atoms. The van der Waals surface area contributed by atoms with Crippen LogP contribution in [0.15, 0.2) is 78.5 Å². The van der Waals surface area contributed by atoms with Crippen molar-refractivity contribution in [1.82, 2.24) is 4.90 Å². The summed E-state index contributed by atoms with van der Waals surface area (Å²) in [4.78, 5) is 28.3. The average molecular weight is 441 g/mol. The Balaban J connectivity index is 1.74. The van der Waals surface area contributed by atoms with Crippen molar-refractivity contribution >= 4 is 23.1 Å². The Kier molecular flexibility index (Phi) is 6.31. The largest absolute Gasteiger partial charge is 0.496 e. The van der Waals surface area contributed by atoms with Crippen molar-refractivity contribution in [3.8, 4) is 5.75 Å². The molecule has 0 aromatic heterocycles. The summed E-state index contributed by atoms with van der Waals surface area (Å²) in [5.74, 6) is 0.253. The minimum Gasteiger partial charge on any atom is -0.496 e.